The van der Waals surface area contributed by atoms with E-state index in [1.54, 1.807) is 11.8 Å². The lowest BCUT2D eigenvalue weighted by atomic mass is 9.97. The summed E-state index contributed by atoms with van der Waals surface area (Å²) >= 11 is 12.4. The molecule has 0 saturated heterocycles. The number of rotatable bonds is 2. The van der Waals surface area contributed by atoms with E-state index >= 15 is 0 Å². The van der Waals surface area contributed by atoms with E-state index in [2.05, 4.69) is 67.0 Å². The molecule has 1 N–H and O–H groups in total. The van der Waals surface area contributed by atoms with Crippen molar-refractivity contribution in [3.63, 3.8) is 0 Å². The predicted molar refractivity (Wildman–Crippen MR) is 96.4 cm³/mol. The first kappa shape index (κ1) is 15.9. The van der Waals surface area contributed by atoms with Crippen molar-refractivity contribution in [2.45, 2.75) is 32.2 Å². The van der Waals surface area contributed by atoms with E-state index in [9.17, 15) is 0 Å². The zero-order valence-corrected chi connectivity index (χ0v) is 16.3. The van der Waals surface area contributed by atoms with Crippen molar-refractivity contribution < 1.29 is 0 Å². The molecular weight excluding hydrogens is 456 g/mol. The van der Waals surface area contributed by atoms with E-state index < -0.39 is 0 Å². The SMILES string of the molecule is CCC1(C)CCSC(Nc2c(Br)cc(Br)cc2Br)=N1. The summed E-state index contributed by atoms with van der Waals surface area (Å²) in [5.41, 5.74) is 1.09. The van der Waals surface area contributed by atoms with Crippen molar-refractivity contribution in [1.82, 2.24) is 0 Å². The molecule has 2 nitrogen and oxygen atoms in total. The lowest BCUT2D eigenvalue weighted by molar-refractivity contribution is 0.443. The van der Waals surface area contributed by atoms with Crippen LogP contribution in [-0.4, -0.2) is 16.5 Å². The molecule has 1 unspecified atom stereocenters. The van der Waals surface area contributed by atoms with Crippen molar-refractivity contribution in [3.8, 4) is 0 Å². The van der Waals surface area contributed by atoms with Crippen LogP contribution in [0.25, 0.3) is 0 Å². The summed E-state index contributed by atoms with van der Waals surface area (Å²) in [5.74, 6) is 1.11. The van der Waals surface area contributed by atoms with Gasteiger partial charge in [-0.2, -0.15) is 0 Å². The molecule has 1 heterocycles. The third kappa shape index (κ3) is 3.99. The third-order valence-electron chi connectivity index (χ3n) is 3.25. The standard InChI is InChI=1S/C13H15Br3N2S/c1-3-13(2)4-5-19-12(18-13)17-11-9(15)6-8(14)7-10(11)16/h6-7H,3-5H2,1-2H3,(H,17,18). The fourth-order valence-corrected chi connectivity index (χ4v) is 5.44. The molecule has 0 amide bonds. The van der Waals surface area contributed by atoms with E-state index in [-0.39, 0.29) is 5.54 Å². The molecule has 1 aliphatic rings. The maximum absolute atomic E-state index is 4.85. The second kappa shape index (κ2) is 6.50. The van der Waals surface area contributed by atoms with Gasteiger partial charge in [-0.25, -0.2) is 0 Å². The third-order valence-corrected chi connectivity index (χ3v) is 5.84. The van der Waals surface area contributed by atoms with Crippen molar-refractivity contribution in [1.29, 1.82) is 0 Å². The number of hydrogen-bond donors (Lipinski definition) is 1. The summed E-state index contributed by atoms with van der Waals surface area (Å²) in [6.07, 6.45) is 2.21. The Morgan fingerprint density at radius 2 is 1.95 bits per heavy atom. The van der Waals surface area contributed by atoms with Crippen LogP contribution in [-0.2, 0) is 0 Å². The summed E-state index contributed by atoms with van der Waals surface area (Å²) in [6, 6.07) is 4.06. The van der Waals surface area contributed by atoms with Crippen LogP contribution in [0.5, 0.6) is 0 Å². The highest BCUT2D eigenvalue weighted by molar-refractivity contribution is 9.11. The second-order valence-corrected chi connectivity index (χ2v) is 8.44. The summed E-state index contributed by atoms with van der Waals surface area (Å²) in [5, 5.41) is 4.43. The number of aliphatic imine (C=N–C) groups is 1. The van der Waals surface area contributed by atoms with Crippen LogP contribution in [0, 0.1) is 0 Å². The molecule has 6 heteroatoms. The predicted octanol–water partition coefficient (Wildman–Crippen LogP) is 6.05. The summed E-state index contributed by atoms with van der Waals surface area (Å²) in [4.78, 5) is 4.85. The van der Waals surface area contributed by atoms with Gasteiger partial charge in [0.25, 0.3) is 0 Å². The molecule has 0 fully saturated rings. The Labute approximate surface area is 143 Å². The van der Waals surface area contributed by atoms with Crippen LogP contribution in [0.15, 0.2) is 30.5 Å². The number of amidine groups is 1. The summed E-state index contributed by atoms with van der Waals surface area (Å²) < 4.78 is 3.06. The molecule has 1 aliphatic heterocycles. The smallest absolute Gasteiger partial charge is 0.161 e. The van der Waals surface area contributed by atoms with E-state index in [0.717, 1.165) is 42.9 Å². The number of hydrogen-bond acceptors (Lipinski definition) is 3. The van der Waals surface area contributed by atoms with Crippen LogP contribution in [0.4, 0.5) is 5.69 Å². The minimum atomic E-state index is 0.0713. The van der Waals surface area contributed by atoms with Gasteiger partial charge in [-0.05, 0) is 63.8 Å². The summed E-state index contributed by atoms with van der Waals surface area (Å²) in [6.45, 7) is 4.42. The van der Waals surface area contributed by atoms with Gasteiger partial charge in [-0.15, -0.1) is 0 Å². The molecule has 0 aromatic heterocycles. The van der Waals surface area contributed by atoms with Gasteiger partial charge in [0.05, 0.1) is 11.2 Å². The minimum Gasteiger partial charge on any atom is -0.333 e. The van der Waals surface area contributed by atoms with E-state index in [0.29, 0.717) is 0 Å². The van der Waals surface area contributed by atoms with Gasteiger partial charge >= 0.3 is 0 Å². The Morgan fingerprint density at radius 1 is 1.32 bits per heavy atom. The van der Waals surface area contributed by atoms with Crippen LogP contribution < -0.4 is 5.32 Å². The average molecular weight is 471 g/mol. The number of halogens is 3. The van der Waals surface area contributed by atoms with E-state index in [1.807, 2.05) is 12.1 Å². The molecule has 1 atom stereocenters. The Bertz CT molecular complexity index is 496. The fraction of sp³-hybridized carbons (Fsp3) is 0.462. The zero-order chi connectivity index (χ0) is 14.0. The number of anilines is 1. The van der Waals surface area contributed by atoms with Crippen molar-refractivity contribution in [2.75, 3.05) is 11.1 Å². The Kier molecular flexibility index (Phi) is 5.42. The molecule has 2 rings (SSSR count). The topological polar surface area (TPSA) is 24.4 Å². The van der Waals surface area contributed by atoms with Crippen molar-refractivity contribution in [2.24, 2.45) is 4.99 Å². The van der Waals surface area contributed by atoms with Crippen LogP contribution in [0.1, 0.15) is 26.7 Å². The monoisotopic (exact) mass is 468 g/mol. The van der Waals surface area contributed by atoms with Crippen LogP contribution >= 0.6 is 59.6 Å². The highest BCUT2D eigenvalue weighted by Gasteiger charge is 2.26. The Hall–Kier alpha value is 0.480. The Morgan fingerprint density at radius 3 is 2.53 bits per heavy atom. The molecule has 104 valence electrons. The molecule has 0 aliphatic carbocycles. The second-order valence-electron chi connectivity index (χ2n) is 4.74. The van der Waals surface area contributed by atoms with Gasteiger partial charge < -0.3 is 5.32 Å². The van der Waals surface area contributed by atoms with Crippen molar-refractivity contribution >= 4 is 70.4 Å². The number of thioether (sulfide) groups is 1. The molecular formula is C13H15Br3N2S. The van der Waals surface area contributed by atoms with Crippen LogP contribution in [0.2, 0.25) is 0 Å². The van der Waals surface area contributed by atoms with Gasteiger partial charge in [-0.3, -0.25) is 4.99 Å². The normalized spacial score (nSPS) is 23.1. The quantitative estimate of drug-likeness (QED) is 0.569. The van der Waals surface area contributed by atoms with Gasteiger partial charge in [-0.1, -0.05) is 34.6 Å². The maximum Gasteiger partial charge on any atom is 0.161 e. The van der Waals surface area contributed by atoms with Gasteiger partial charge in [0.1, 0.15) is 0 Å². The Balaban J connectivity index is 2.27. The molecule has 0 bridgehead atoms. The molecule has 0 saturated carbocycles. The lowest BCUT2D eigenvalue weighted by Crippen LogP contribution is -2.29. The van der Waals surface area contributed by atoms with Crippen molar-refractivity contribution in [3.05, 3.63) is 25.6 Å². The number of nitrogens with one attached hydrogen (secondary N) is 1. The number of benzene rings is 1. The first-order valence-electron chi connectivity index (χ1n) is 6.08. The number of nitrogens with zero attached hydrogens (tertiary/aromatic N) is 1. The van der Waals surface area contributed by atoms with Gasteiger partial charge in [0, 0.05) is 19.2 Å². The highest BCUT2D eigenvalue weighted by atomic mass is 79.9. The average Bonchev–Trinajstić information content (AvgIpc) is 2.34. The highest BCUT2D eigenvalue weighted by Crippen LogP contribution is 2.36. The lowest BCUT2D eigenvalue weighted by Gasteiger charge is -2.29. The van der Waals surface area contributed by atoms with E-state index in [4.69, 9.17) is 4.99 Å². The zero-order valence-electron chi connectivity index (χ0n) is 10.8. The minimum absolute atomic E-state index is 0.0713. The molecule has 0 spiro atoms. The molecule has 1 aromatic rings. The first-order chi connectivity index (χ1) is 8.93. The fourth-order valence-electron chi connectivity index (χ4n) is 1.79. The molecule has 1 aromatic carbocycles. The van der Waals surface area contributed by atoms with Crippen LogP contribution in [0.3, 0.4) is 0 Å². The van der Waals surface area contributed by atoms with Gasteiger partial charge in [0.2, 0.25) is 0 Å². The van der Waals surface area contributed by atoms with Gasteiger partial charge in [0.15, 0.2) is 5.17 Å². The first-order valence-corrected chi connectivity index (χ1v) is 9.44. The largest absolute Gasteiger partial charge is 0.333 e. The van der Waals surface area contributed by atoms with E-state index in [1.165, 1.54) is 0 Å². The molecule has 0 radical (unpaired) electrons. The summed E-state index contributed by atoms with van der Waals surface area (Å²) in [7, 11) is 0. The maximum atomic E-state index is 4.85. The molecule has 19 heavy (non-hydrogen) atoms.